The van der Waals surface area contributed by atoms with Gasteiger partial charge in [-0.15, -0.1) is 11.3 Å². The third-order valence-electron chi connectivity index (χ3n) is 4.70. The smallest absolute Gasteiger partial charge is 0.416 e. The van der Waals surface area contributed by atoms with Crippen LogP contribution in [0.1, 0.15) is 48.3 Å². The molecule has 1 fully saturated rings. The average Bonchev–Trinajstić information content (AvgIpc) is 3.00. The van der Waals surface area contributed by atoms with Gasteiger partial charge >= 0.3 is 12.3 Å². The molecular weight excluding hydrogens is 431 g/mol. The van der Waals surface area contributed by atoms with Gasteiger partial charge in [-0.2, -0.15) is 13.2 Å². The lowest BCUT2D eigenvalue weighted by molar-refractivity contribution is -0.137. The summed E-state index contributed by atoms with van der Waals surface area (Å²) < 4.78 is 43.7. The van der Waals surface area contributed by atoms with Gasteiger partial charge in [-0.1, -0.05) is 12.1 Å². The molecule has 10 heteroatoms. The van der Waals surface area contributed by atoms with Crippen molar-refractivity contribution in [3.8, 4) is 10.4 Å². The van der Waals surface area contributed by atoms with Crippen molar-refractivity contribution in [1.29, 1.82) is 0 Å². The standard InChI is InChI=1S/C21H24F3N3O3S/c1-12-26-16(17(31-12)13-5-7-14(8-6-13)21(22,23)24)18(28)27-10-9-15(27)11-25-19(29)30-20(2,3)4/h5-8,15H,9-11H2,1-4H3,(H,25,29). The molecule has 0 radical (unpaired) electrons. The van der Waals surface area contributed by atoms with Crippen LogP contribution in [0.2, 0.25) is 0 Å². The van der Waals surface area contributed by atoms with Gasteiger partial charge in [0.05, 0.1) is 21.5 Å². The van der Waals surface area contributed by atoms with E-state index >= 15 is 0 Å². The minimum Gasteiger partial charge on any atom is -0.444 e. The van der Waals surface area contributed by atoms with Crippen LogP contribution in [-0.2, 0) is 10.9 Å². The number of nitrogens with one attached hydrogen (secondary N) is 1. The van der Waals surface area contributed by atoms with Gasteiger partial charge in [-0.05, 0) is 51.8 Å². The third-order valence-corrected chi connectivity index (χ3v) is 5.72. The SMILES string of the molecule is Cc1nc(C(=O)N2CCC2CNC(=O)OC(C)(C)C)c(-c2ccc(C(F)(F)F)cc2)s1. The number of hydrogen-bond donors (Lipinski definition) is 1. The third kappa shape index (κ3) is 5.55. The van der Waals surface area contributed by atoms with Crippen molar-refractivity contribution in [2.75, 3.05) is 13.1 Å². The van der Waals surface area contributed by atoms with E-state index in [0.29, 0.717) is 22.0 Å². The molecular formula is C21H24F3N3O3S. The highest BCUT2D eigenvalue weighted by molar-refractivity contribution is 7.15. The van der Waals surface area contributed by atoms with Gasteiger partial charge in [-0.25, -0.2) is 9.78 Å². The molecule has 6 nitrogen and oxygen atoms in total. The Morgan fingerprint density at radius 2 is 1.87 bits per heavy atom. The van der Waals surface area contributed by atoms with Crippen LogP contribution in [0.3, 0.4) is 0 Å². The topological polar surface area (TPSA) is 71.5 Å². The summed E-state index contributed by atoms with van der Waals surface area (Å²) in [6.45, 7) is 7.80. The maximum Gasteiger partial charge on any atom is 0.416 e. The lowest BCUT2D eigenvalue weighted by Gasteiger charge is -2.40. The molecule has 1 aliphatic heterocycles. The van der Waals surface area contributed by atoms with Crippen LogP contribution in [0.4, 0.5) is 18.0 Å². The maximum atomic E-state index is 13.1. The molecule has 0 spiro atoms. The highest BCUT2D eigenvalue weighted by Crippen LogP contribution is 2.35. The number of aromatic nitrogens is 1. The number of ether oxygens (including phenoxy) is 1. The van der Waals surface area contributed by atoms with Crippen LogP contribution in [0.15, 0.2) is 24.3 Å². The number of carbonyl (C=O) groups excluding carboxylic acids is 2. The number of thiazole rings is 1. The zero-order chi connectivity index (χ0) is 23.0. The van der Waals surface area contributed by atoms with Gasteiger partial charge < -0.3 is 15.0 Å². The number of aryl methyl sites for hydroxylation is 1. The zero-order valence-corrected chi connectivity index (χ0v) is 18.5. The molecule has 2 amide bonds. The van der Waals surface area contributed by atoms with Crippen molar-refractivity contribution in [2.24, 2.45) is 0 Å². The van der Waals surface area contributed by atoms with Crippen LogP contribution in [-0.4, -0.2) is 46.6 Å². The number of nitrogens with zero attached hydrogens (tertiary/aromatic N) is 2. The number of rotatable bonds is 4. The normalized spacial score (nSPS) is 16.6. The summed E-state index contributed by atoms with van der Waals surface area (Å²) in [7, 11) is 0. The van der Waals surface area contributed by atoms with Crippen molar-refractivity contribution < 1.29 is 27.5 Å². The van der Waals surface area contributed by atoms with Crippen LogP contribution in [0.25, 0.3) is 10.4 Å². The molecule has 2 aromatic rings. The van der Waals surface area contributed by atoms with Crippen molar-refractivity contribution in [2.45, 2.75) is 51.9 Å². The van der Waals surface area contributed by atoms with E-state index < -0.39 is 23.4 Å². The largest absolute Gasteiger partial charge is 0.444 e. The molecule has 168 valence electrons. The highest BCUT2D eigenvalue weighted by atomic mass is 32.1. The number of hydrogen-bond acceptors (Lipinski definition) is 5. The Morgan fingerprint density at radius 3 is 2.39 bits per heavy atom. The Morgan fingerprint density at radius 1 is 1.23 bits per heavy atom. The molecule has 1 unspecified atom stereocenters. The molecule has 1 atom stereocenters. The fraction of sp³-hybridized carbons (Fsp3) is 0.476. The minimum atomic E-state index is -4.42. The van der Waals surface area contributed by atoms with E-state index in [0.717, 1.165) is 18.6 Å². The van der Waals surface area contributed by atoms with Gasteiger partial charge in [0, 0.05) is 13.1 Å². The van der Waals surface area contributed by atoms with E-state index in [2.05, 4.69) is 10.3 Å². The fourth-order valence-corrected chi connectivity index (χ4v) is 4.07. The molecule has 1 aliphatic rings. The van der Waals surface area contributed by atoms with Crippen LogP contribution < -0.4 is 5.32 Å². The second kappa shape index (κ2) is 8.49. The molecule has 1 aromatic carbocycles. The molecule has 0 saturated carbocycles. The predicted molar refractivity (Wildman–Crippen MR) is 111 cm³/mol. The number of carbonyl (C=O) groups is 2. The minimum absolute atomic E-state index is 0.192. The lowest BCUT2D eigenvalue weighted by Crippen LogP contribution is -2.56. The Balaban J connectivity index is 1.72. The molecule has 31 heavy (non-hydrogen) atoms. The Kier molecular flexibility index (Phi) is 6.31. The van der Waals surface area contributed by atoms with Crippen molar-refractivity contribution in [3.63, 3.8) is 0 Å². The molecule has 3 rings (SSSR count). The van der Waals surface area contributed by atoms with Crippen molar-refractivity contribution in [3.05, 3.63) is 40.5 Å². The number of halogens is 3. The molecule has 1 aromatic heterocycles. The van der Waals surface area contributed by atoms with E-state index in [1.807, 2.05) is 0 Å². The van der Waals surface area contributed by atoms with Crippen LogP contribution in [0, 0.1) is 6.92 Å². The van der Waals surface area contributed by atoms with Crippen molar-refractivity contribution in [1.82, 2.24) is 15.2 Å². The second-order valence-corrected chi connectivity index (χ2v) is 9.51. The van der Waals surface area contributed by atoms with E-state index in [9.17, 15) is 22.8 Å². The summed E-state index contributed by atoms with van der Waals surface area (Å²) in [5.41, 5.74) is -0.648. The first kappa shape index (κ1) is 23.1. The Labute approximate surface area is 182 Å². The maximum absolute atomic E-state index is 13.1. The number of alkyl carbamates (subject to hydrolysis) is 1. The Hall–Kier alpha value is -2.62. The first-order chi connectivity index (χ1) is 14.3. The zero-order valence-electron chi connectivity index (χ0n) is 17.7. The summed E-state index contributed by atoms with van der Waals surface area (Å²) in [4.78, 5) is 31.4. The van der Waals surface area contributed by atoms with Crippen LogP contribution >= 0.6 is 11.3 Å². The van der Waals surface area contributed by atoms with E-state index in [4.69, 9.17) is 4.74 Å². The highest BCUT2D eigenvalue weighted by Gasteiger charge is 2.36. The predicted octanol–water partition coefficient (Wildman–Crippen LogP) is 4.88. The fourth-order valence-electron chi connectivity index (χ4n) is 3.15. The van der Waals surface area contributed by atoms with E-state index in [1.165, 1.54) is 23.5 Å². The molecule has 1 N–H and O–H groups in total. The van der Waals surface area contributed by atoms with Gasteiger partial charge in [0.2, 0.25) is 0 Å². The summed E-state index contributed by atoms with van der Waals surface area (Å²) in [6.07, 6.45) is -4.26. The molecule has 0 bridgehead atoms. The number of benzene rings is 1. The number of amides is 2. The monoisotopic (exact) mass is 455 g/mol. The number of likely N-dealkylation sites (tertiary alicyclic amines) is 1. The quantitative estimate of drug-likeness (QED) is 0.714. The molecule has 0 aliphatic carbocycles. The molecule has 2 heterocycles. The second-order valence-electron chi connectivity index (χ2n) is 8.31. The van der Waals surface area contributed by atoms with Gasteiger partial charge in [0.15, 0.2) is 0 Å². The lowest BCUT2D eigenvalue weighted by atomic mass is 10.0. The number of alkyl halides is 3. The summed E-state index contributed by atoms with van der Waals surface area (Å²) in [5.74, 6) is -0.304. The van der Waals surface area contributed by atoms with Gasteiger partial charge in [0.1, 0.15) is 11.3 Å². The average molecular weight is 456 g/mol. The Bertz CT molecular complexity index is 965. The summed E-state index contributed by atoms with van der Waals surface area (Å²) in [6, 6.07) is 4.50. The van der Waals surface area contributed by atoms with Crippen molar-refractivity contribution >= 4 is 23.3 Å². The van der Waals surface area contributed by atoms with E-state index in [1.54, 1.807) is 32.6 Å². The van der Waals surface area contributed by atoms with E-state index in [-0.39, 0.29) is 24.2 Å². The van der Waals surface area contributed by atoms with Crippen LogP contribution in [0.5, 0.6) is 0 Å². The first-order valence-corrected chi connectivity index (χ1v) is 10.6. The summed E-state index contributed by atoms with van der Waals surface area (Å²) in [5, 5.41) is 3.31. The summed E-state index contributed by atoms with van der Waals surface area (Å²) >= 11 is 1.26. The first-order valence-electron chi connectivity index (χ1n) is 9.78. The molecule has 1 saturated heterocycles. The van der Waals surface area contributed by atoms with Gasteiger partial charge in [0.25, 0.3) is 5.91 Å². The van der Waals surface area contributed by atoms with Gasteiger partial charge in [-0.3, -0.25) is 4.79 Å².